The largest absolute Gasteiger partial charge is 0.244 e. The van der Waals surface area contributed by atoms with E-state index in [2.05, 4.69) is 0 Å². The quantitative estimate of drug-likeness (QED) is 0.793. The van der Waals surface area contributed by atoms with E-state index < -0.39 is 10.0 Å². The van der Waals surface area contributed by atoms with Gasteiger partial charge in [-0.15, -0.1) is 11.6 Å². The smallest absolute Gasteiger partial charge is 0.207 e. The fourth-order valence-corrected chi connectivity index (χ4v) is 4.20. The number of sulfonamides is 1. The maximum Gasteiger partial charge on any atom is 0.244 e. The van der Waals surface area contributed by atoms with Crippen LogP contribution in [-0.4, -0.2) is 25.8 Å². The molecule has 2 rings (SSSR count). The zero-order valence-corrected chi connectivity index (χ0v) is 12.7. The first-order chi connectivity index (χ1) is 8.37. The van der Waals surface area contributed by atoms with E-state index in [1.165, 1.54) is 16.4 Å². The second kappa shape index (κ2) is 5.17. The van der Waals surface area contributed by atoms with E-state index in [4.69, 9.17) is 34.8 Å². The molecule has 0 bridgehead atoms. The van der Waals surface area contributed by atoms with Crippen molar-refractivity contribution in [1.29, 1.82) is 0 Å². The predicted molar refractivity (Wildman–Crippen MR) is 74.0 cm³/mol. The first-order valence-corrected chi connectivity index (χ1v) is 8.13. The summed E-state index contributed by atoms with van der Waals surface area (Å²) in [5.74, 6) is 0.145. The Kier molecular flexibility index (Phi) is 4.14. The number of hydrogen-bond acceptors (Lipinski definition) is 2. The maximum atomic E-state index is 12.4. The highest BCUT2D eigenvalue weighted by Crippen LogP contribution is 2.35. The summed E-state index contributed by atoms with van der Waals surface area (Å²) in [6.07, 6.45) is 1.78. The normalized spacial score (nSPS) is 16.3. The average molecular weight is 329 g/mol. The van der Waals surface area contributed by atoms with Crippen molar-refractivity contribution in [3.8, 4) is 0 Å². The van der Waals surface area contributed by atoms with Gasteiger partial charge in [-0.3, -0.25) is 0 Å². The predicted octanol–water partition coefficient (Wildman–Crippen LogP) is 3.52. The Bertz CT molecular complexity index is 570. The first kappa shape index (κ1) is 14.4. The molecule has 1 aromatic rings. The van der Waals surface area contributed by atoms with Gasteiger partial charge in [0.05, 0.1) is 5.02 Å². The van der Waals surface area contributed by atoms with Gasteiger partial charge in [-0.1, -0.05) is 23.2 Å². The molecule has 3 nitrogen and oxygen atoms in total. The van der Waals surface area contributed by atoms with Gasteiger partial charge in [0, 0.05) is 24.0 Å². The average Bonchev–Trinajstić information content (AvgIpc) is 3.11. The van der Waals surface area contributed by atoms with E-state index >= 15 is 0 Å². The van der Waals surface area contributed by atoms with E-state index in [0.717, 1.165) is 12.8 Å². The number of benzene rings is 1. The third-order valence-electron chi connectivity index (χ3n) is 2.96. The highest BCUT2D eigenvalue weighted by Gasteiger charge is 2.36. The highest BCUT2D eigenvalue weighted by molar-refractivity contribution is 7.89. The Hall–Kier alpha value is -0.000000000000000111. The second-order valence-corrected chi connectivity index (χ2v) is 7.31. The molecule has 0 unspecified atom stereocenters. The SMILES string of the molecule is CN(C1CC1)S(=O)(=O)c1cc(CCl)c(Cl)cc1Cl. The van der Waals surface area contributed by atoms with E-state index in [9.17, 15) is 8.42 Å². The van der Waals surface area contributed by atoms with Crippen molar-refractivity contribution in [3.63, 3.8) is 0 Å². The van der Waals surface area contributed by atoms with Gasteiger partial charge in [0.1, 0.15) is 4.90 Å². The zero-order valence-electron chi connectivity index (χ0n) is 9.66. The molecule has 1 saturated carbocycles. The molecule has 7 heteroatoms. The Morgan fingerprint density at radius 1 is 1.28 bits per heavy atom. The van der Waals surface area contributed by atoms with Crippen molar-refractivity contribution in [2.45, 2.75) is 29.7 Å². The molecule has 0 N–H and O–H groups in total. The minimum atomic E-state index is -3.57. The molecule has 0 aliphatic heterocycles. The zero-order chi connectivity index (χ0) is 13.5. The third-order valence-corrected chi connectivity index (χ3v) is 5.98. The molecular weight excluding hydrogens is 317 g/mol. The summed E-state index contributed by atoms with van der Waals surface area (Å²) in [5, 5.41) is 0.504. The highest BCUT2D eigenvalue weighted by atomic mass is 35.5. The molecular formula is C11H12Cl3NO2S. The monoisotopic (exact) mass is 327 g/mol. The van der Waals surface area contributed by atoms with Crippen molar-refractivity contribution in [2.24, 2.45) is 0 Å². The number of alkyl halides is 1. The number of rotatable bonds is 4. The molecule has 1 aromatic carbocycles. The molecule has 0 spiro atoms. The van der Waals surface area contributed by atoms with Gasteiger partial charge in [-0.2, -0.15) is 4.31 Å². The summed E-state index contributed by atoms with van der Waals surface area (Å²) in [5.41, 5.74) is 0.561. The van der Waals surface area contributed by atoms with Crippen LogP contribution in [0.3, 0.4) is 0 Å². The fourth-order valence-electron chi connectivity index (χ4n) is 1.66. The second-order valence-electron chi connectivity index (χ2n) is 4.26. The number of hydrogen-bond donors (Lipinski definition) is 0. The summed E-state index contributed by atoms with van der Waals surface area (Å²) < 4.78 is 26.1. The third kappa shape index (κ3) is 2.63. The van der Waals surface area contributed by atoms with Gasteiger partial charge >= 0.3 is 0 Å². The van der Waals surface area contributed by atoms with Crippen LogP contribution in [0.2, 0.25) is 10.0 Å². The molecule has 1 fully saturated rings. The van der Waals surface area contributed by atoms with Crippen LogP contribution in [0.4, 0.5) is 0 Å². The van der Waals surface area contributed by atoms with Crippen molar-refractivity contribution >= 4 is 44.8 Å². The van der Waals surface area contributed by atoms with Crippen LogP contribution in [0, 0.1) is 0 Å². The van der Waals surface area contributed by atoms with E-state index in [1.54, 1.807) is 7.05 Å². The van der Waals surface area contributed by atoms with Crippen LogP contribution < -0.4 is 0 Å². The standard InChI is InChI=1S/C11H12Cl3NO2S/c1-15(8-2-3-8)18(16,17)11-4-7(6-12)9(13)5-10(11)14/h4-5,8H,2-3,6H2,1H3. The topological polar surface area (TPSA) is 37.4 Å². The number of halogens is 3. The van der Waals surface area contributed by atoms with Crippen LogP contribution in [-0.2, 0) is 15.9 Å². The summed E-state index contributed by atoms with van der Waals surface area (Å²) in [6, 6.07) is 2.96. The first-order valence-electron chi connectivity index (χ1n) is 5.40. The number of nitrogens with zero attached hydrogens (tertiary/aromatic N) is 1. The molecule has 0 aromatic heterocycles. The van der Waals surface area contributed by atoms with Crippen molar-refractivity contribution in [1.82, 2.24) is 4.31 Å². The molecule has 0 amide bonds. The molecule has 0 saturated heterocycles. The Morgan fingerprint density at radius 2 is 1.89 bits per heavy atom. The van der Waals surface area contributed by atoms with Gasteiger partial charge in [0.2, 0.25) is 10.0 Å². The Labute approximate surface area is 122 Å². The molecule has 1 aliphatic carbocycles. The van der Waals surface area contributed by atoms with Gasteiger partial charge in [-0.25, -0.2) is 8.42 Å². The van der Waals surface area contributed by atoms with Crippen LogP contribution in [0.25, 0.3) is 0 Å². The summed E-state index contributed by atoms with van der Waals surface area (Å²) in [7, 11) is -2.00. The molecule has 0 heterocycles. The Morgan fingerprint density at radius 3 is 2.39 bits per heavy atom. The van der Waals surface area contributed by atoms with Crippen LogP contribution >= 0.6 is 34.8 Å². The van der Waals surface area contributed by atoms with Crippen molar-refractivity contribution in [3.05, 3.63) is 27.7 Å². The minimum Gasteiger partial charge on any atom is -0.207 e. The van der Waals surface area contributed by atoms with Crippen LogP contribution in [0.15, 0.2) is 17.0 Å². The summed E-state index contributed by atoms with van der Waals surface area (Å²) >= 11 is 17.6. The van der Waals surface area contributed by atoms with Crippen LogP contribution in [0.5, 0.6) is 0 Å². The lowest BCUT2D eigenvalue weighted by molar-refractivity contribution is 0.464. The fraction of sp³-hybridized carbons (Fsp3) is 0.455. The van der Waals surface area contributed by atoms with Gasteiger partial charge in [-0.05, 0) is 30.5 Å². The summed E-state index contributed by atoms with van der Waals surface area (Å²) in [6.45, 7) is 0. The Balaban J connectivity index is 2.49. The molecule has 0 atom stereocenters. The lowest BCUT2D eigenvalue weighted by Gasteiger charge is -2.18. The van der Waals surface area contributed by atoms with Crippen molar-refractivity contribution in [2.75, 3.05) is 7.05 Å². The van der Waals surface area contributed by atoms with Gasteiger partial charge in [0.25, 0.3) is 0 Å². The van der Waals surface area contributed by atoms with Crippen molar-refractivity contribution < 1.29 is 8.42 Å². The van der Waals surface area contributed by atoms with E-state index in [1.807, 2.05) is 0 Å². The van der Waals surface area contributed by atoms with E-state index in [-0.39, 0.29) is 21.8 Å². The lowest BCUT2D eigenvalue weighted by Crippen LogP contribution is -2.29. The lowest BCUT2D eigenvalue weighted by atomic mass is 10.2. The molecule has 18 heavy (non-hydrogen) atoms. The maximum absolute atomic E-state index is 12.4. The van der Waals surface area contributed by atoms with Gasteiger partial charge in [0.15, 0.2) is 0 Å². The van der Waals surface area contributed by atoms with Crippen LogP contribution in [0.1, 0.15) is 18.4 Å². The van der Waals surface area contributed by atoms with E-state index in [0.29, 0.717) is 10.6 Å². The summed E-state index contributed by atoms with van der Waals surface area (Å²) in [4.78, 5) is 0.0682. The molecule has 0 radical (unpaired) electrons. The molecule has 1 aliphatic rings. The molecule has 100 valence electrons. The van der Waals surface area contributed by atoms with Gasteiger partial charge < -0.3 is 0 Å². The minimum absolute atomic E-state index is 0.0682.